The predicted molar refractivity (Wildman–Crippen MR) is 94.1 cm³/mol. The van der Waals surface area contributed by atoms with E-state index in [9.17, 15) is 13.2 Å². The van der Waals surface area contributed by atoms with Crippen LogP contribution >= 0.6 is 0 Å². The number of hydrogen-bond acceptors (Lipinski definition) is 4. The molecule has 0 spiro atoms. The zero-order chi connectivity index (χ0) is 17.7. The Balaban J connectivity index is 1.93. The Morgan fingerprint density at radius 1 is 1.04 bits per heavy atom. The van der Waals surface area contributed by atoms with E-state index in [2.05, 4.69) is 5.32 Å². The first-order valence-electron chi connectivity index (χ1n) is 7.62. The highest BCUT2D eigenvalue weighted by Crippen LogP contribution is 2.18. The number of aryl methyl sites for hydroxylation is 1. The highest BCUT2D eigenvalue weighted by atomic mass is 32.2. The fraction of sp³-hybridized carbons (Fsp3) is 0.278. The van der Waals surface area contributed by atoms with Gasteiger partial charge in [0.05, 0.1) is 10.1 Å². The molecule has 1 amide bonds. The Labute approximate surface area is 142 Å². The van der Waals surface area contributed by atoms with Crippen molar-refractivity contribution in [2.45, 2.75) is 30.9 Å². The summed E-state index contributed by atoms with van der Waals surface area (Å²) in [5, 5.41) is 2.19. The van der Waals surface area contributed by atoms with Crippen molar-refractivity contribution in [2.75, 3.05) is 11.9 Å². The topological polar surface area (TPSA) is 72.5 Å². The number of benzene rings is 2. The van der Waals surface area contributed by atoms with Crippen molar-refractivity contribution in [3.63, 3.8) is 0 Å². The second kappa shape index (κ2) is 7.49. The number of carbonyl (C=O) groups excluding carboxylic acids is 1. The van der Waals surface area contributed by atoms with E-state index in [0.29, 0.717) is 11.4 Å². The van der Waals surface area contributed by atoms with Crippen LogP contribution in [0.4, 0.5) is 5.69 Å². The predicted octanol–water partition coefficient (Wildman–Crippen LogP) is 3.19. The molecule has 0 aromatic heterocycles. The van der Waals surface area contributed by atoms with Gasteiger partial charge in [-0.25, -0.2) is 8.42 Å². The highest BCUT2D eigenvalue weighted by Gasteiger charge is 2.18. The molecule has 128 valence electrons. The van der Waals surface area contributed by atoms with Crippen LogP contribution in [0.3, 0.4) is 0 Å². The number of ether oxygens (including phenoxy) is 1. The Hall–Kier alpha value is -2.34. The van der Waals surface area contributed by atoms with Gasteiger partial charge in [-0.3, -0.25) is 4.79 Å². The summed E-state index contributed by atoms with van der Waals surface area (Å²) in [5.74, 6) is 0.309. The fourth-order valence-electron chi connectivity index (χ4n) is 1.98. The quantitative estimate of drug-likeness (QED) is 0.871. The summed E-state index contributed by atoms with van der Waals surface area (Å²) in [6.45, 7) is 5.12. The van der Waals surface area contributed by atoms with E-state index < -0.39 is 15.1 Å². The van der Waals surface area contributed by atoms with Gasteiger partial charge < -0.3 is 10.1 Å². The van der Waals surface area contributed by atoms with E-state index in [4.69, 9.17) is 4.74 Å². The first-order valence-corrected chi connectivity index (χ1v) is 9.17. The normalized spacial score (nSPS) is 11.3. The van der Waals surface area contributed by atoms with Gasteiger partial charge in [-0.05, 0) is 57.2 Å². The number of amides is 1. The molecule has 5 nitrogen and oxygen atoms in total. The van der Waals surface area contributed by atoms with Crippen molar-refractivity contribution >= 4 is 21.4 Å². The second-order valence-corrected chi connectivity index (χ2v) is 8.27. The SMILES string of the molecule is Cc1ccc(OCC(=O)Nc2ccc(S(=O)(=O)C(C)C)cc2)cc1. The third-order valence-electron chi connectivity index (χ3n) is 3.48. The molecule has 6 heteroatoms. The van der Waals surface area contributed by atoms with Gasteiger partial charge >= 0.3 is 0 Å². The van der Waals surface area contributed by atoms with Crippen molar-refractivity contribution in [1.29, 1.82) is 0 Å². The first-order chi connectivity index (χ1) is 11.3. The molecule has 0 aliphatic heterocycles. The highest BCUT2D eigenvalue weighted by molar-refractivity contribution is 7.92. The first kappa shape index (κ1) is 18.0. The van der Waals surface area contributed by atoms with Crippen LogP contribution in [-0.4, -0.2) is 26.2 Å². The standard InChI is InChI=1S/C18H21NO4S/c1-13(2)24(21,22)17-10-6-15(7-11-17)19-18(20)12-23-16-8-4-14(3)5-9-16/h4-11,13H,12H2,1-3H3,(H,19,20). The Bertz CT molecular complexity index is 794. The molecule has 0 aliphatic rings. The molecular formula is C18H21NO4S. The van der Waals surface area contributed by atoms with Crippen LogP contribution in [0.5, 0.6) is 5.75 Å². The summed E-state index contributed by atoms with van der Waals surface area (Å²) < 4.78 is 29.5. The number of nitrogens with one attached hydrogen (secondary N) is 1. The molecule has 0 saturated carbocycles. The average molecular weight is 347 g/mol. The van der Waals surface area contributed by atoms with Crippen LogP contribution in [0.15, 0.2) is 53.4 Å². The minimum Gasteiger partial charge on any atom is -0.484 e. The van der Waals surface area contributed by atoms with Crippen molar-refractivity contribution in [3.05, 3.63) is 54.1 Å². The second-order valence-electron chi connectivity index (χ2n) is 5.77. The summed E-state index contributed by atoms with van der Waals surface area (Å²) in [6.07, 6.45) is 0. The lowest BCUT2D eigenvalue weighted by atomic mass is 10.2. The zero-order valence-corrected chi connectivity index (χ0v) is 14.8. The smallest absolute Gasteiger partial charge is 0.262 e. The van der Waals surface area contributed by atoms with Gasteiger partial charge in [0.2, 0.25) is 0 Å². The monoisotopic (exact) mass is 347 g/mol. The largest absolute Gasteiger partial charge is 0.484 e. The van der Waals surface area contributed by atoms with E-state index in [1.807, 2.05) is 19.1 Å². The molecule has 1 N–H and O–H groups in total. The minimum atomic E-state index is -3.31. The maximum atomic E-state index is 12.0. The molecule has 2 aromatic rings. The third kappa shape index (κ3) is 4.58. The summed E-state index contributed by atoms with van der Waals surface area (Å²) in [5.41, 5.74) is 1.64. The summed E-state index contributed by atoms with van der Waals surface area (Å²) in [7, 11) is -3.31. The number of anilines is 1. The zero-order valence-electron chi connectivity index (χ0n) is 13.9. The maximum Gasteiger partial charge on any atom is 0.262 e. The molecule has 0 aliphatic carbocycles. The van der Waals surface area contributed by atoms with E-state index in [1.54, 1.807) is 38.1 Å². The van der Waals surface area contributed by atoms with Crippen molar-refractivity contribution in [3.8, 4) is 5.75 Å². The Morgan fingerprint density at radius 2 is 1.62 bits per heavy atom. The van der Waals surface area contributed by atoms with Crippen molar-refractivity contribution in [2.24, 2.45) is 0 Å². The molecule has 24 heavy (non-hydrogen) atoms. The summed E-state index contributed by atoms with van der Waals surface area (Å²) in [4.78, 5) is 12.1. The summed E-state index contributed by atoms with van der Waals surface area (Å²) in [6, 6.07) is 13.5. The number of sulfone groups is 1. The molecule has 0 saturated heterocycles. The summed E-state index contributed by atoms with van der Waals surface area (Å²) >= 11 is 0. The van der Waals surface area contributed by atoms with Gasteiger partial charge in [-0.2, -0.15) is 0 Å². The van der Waals surface area contributed by atoms with Crippen LogP contribution < -0.4 is 10.1 Å². The van der Waals surface area contributed by atoms with Gasteiger partial charge in [-0.1, -0.05) is 17.7 Å². The molecular weight excluding hydrogens is 326 g/mol. The van der Waals surface area contributed by atoms with Gasteiger partial charge in [0.15, 0.2) is 16.4 Å². The molecule has 0 atom stereocenters. The van der Waals surface area contributed by atoms with Gasteiger partial charge in [0, 0.05) is 5.69 Å². The van der Waals surface area contributed by atoms with Crippen molar-refractivity contribution in [1.82, 2.24) is 0 Å². The van der Waals surface area contributed by atoms with E-state index in [-0.39, 0.29) is 17.4 Å². The van der Waals surface area contributed by atoms with Crippen LogP contribution in [0.1, 0.15) is 19.4 Å². The lowest BCUT2D eigenvalue weighted by molar-refractivity contribution is -0.118. The van der Waals surface area contributed by atoms with Crippen LogP contribution in [0, 0.1) is 6.92 Å². The molecule has 0 bridgehead atoms. The fourth-order valence-corrected chi connectivity index (χ4v) is 3.04. The van der Waals surface area contributed by atoms with Crippen LogP contribution in [0.2, 0.25) is 0 Å². The molecule has 0 unspecified atom stereocenters. The van der Waals surface area contributed by atoms with Crippen molar-refractivity contribution < 1.29 is 17.9 Å². The molecule has 2 rings (SSSR count). The molecule has 0 radical (unpaired) electrons. The van der Waals surface area contributed by atoms with Crippen LogP contribution in [0.25, 0.3) is 0 Å². The van der Waals surface area contributed by atoms with Crippen LogP contribution in [-0.2, 0) is 14.6 Å². The van der Waals surface area contributed by atoms with E-state index >= 15 is 0 Å². The molecule has 0 fully saturated rings. The number of hydrogen-bond donors (Lipinski definition) is 1. The van der Waals surface area contributed by atoms with Gasteiger partial charge in [0.1, 0.15) is 5.75 Å². The van der Waals surface area contributed by atoms with Gasteiger partial charge in [-0.15, -0.1) is 0 Å². The van der Waals surface area contributed by atoms with Gasteiger partial charge in [0.25, 0.3) is 5.91 Å². The Kier molecular flexibility index (Phi) is 5.62. The Morgan fingerprint density at radius 3 is 2.17 bits per heavy atom. The minimum absolute atomic E-state index is 0.116. The molecule has 0 heterocycles. The average Bonchev–Trinajstić information content (AvgIpc) is 2.54. The maximum absolute atomic E-state index is 12.0. The van der Waals surface area contributed by atoms with E-state index in [1.165, 1.54) is 12.1 Å². The lowest BCUT2D eigenvalue weighted by Gasteiger charge is -2.10. The lowest BCUT2D eigenvalue weighted by Crippen LogP contribution is -2.20. The third-order valence-corrected chi connectivity index (χ3v) is 5.65. The number of rotatable bonds is 6. The van der Waals surface area contributed by atoms with E-state index in [0.717, 1.165) is 5.56 Å². The number of carbonyl (C=O) groups is 1. The molecule has 2 aromatic carbocycles.